The van der Waals surface area contributed by atoms with Crippen molar-refractivity contribution in [2.24, 2.45) is 0 Å². The molecule has 0 spiro atoms. The second kappa shape index (κ2) is 8.08. The van der Waals surface area contributed by atoms with Gasteiger partial charge in [-0.2, -0.15) is 0 Å². The molecule has 0 aliphatic rings. The molecule has 0 amide bonds. The summed E-state index contributed by atoms with van der Waals surface area (Å²) in [7, 11) is 0. The minimum absolute atomic E-state index is 0.956. The van der Waals surface area contributed by atoms with E-state index < -0.39 is 0 Å². The predicted octanol–water partition coefficient (Wildman–Crippen LogP) is 10.2. The van der Waals surface area contributed by atoms with Crippen molar-refractivity contribution in [2.45, 2.75) is 0 Å². The van der Waals surface area contributed by atoms with Gasteiger partial charge in [0.05, 0.1) is 22.2 Å². The van der Waals surface area contributed by atoms with Gasteiger partial charge >= 0.3 is 0 Å². The molecule has 2 nitrogen and oxygen atoms in total. The largest absolute Gasteiger partial charge is 0.247 e. The summed E-state index contributed by atoms with van der Waals surface area (Å²) >= 11 is 0. The van der Waals surface area contributed by atoms with Crippen LogP contribution in [-0.2, 0) is 0 Å². The summed E-state index contributed by atoms with van der Waals surface area (Å²) in [6.07, 6.45) is 0. The number of rotatable bonds is 2. The number of benzene rings is 7. The van der Waals surface area contributed by atoms with Gasteiger partial charge in [-0.1, -0.05) is 109 Å². The first-order valence-electron chi connectivity index (χ1n) is 13.7. The summed E-state index contributed by atoms with van der Waals surface area (Å²) in [6.45, 7) is 0. The monoisotopic (exact) mass is 506 g/mol. The maximum atomic E-state index is 5.29. The Hall–Kier alpha value is -5.34. The third-order valence-electron chi connectivity index (χ3n) is 8.35. The van der Waals surface area contributed by atoms with E-state index in [2.05, 4.69) is 127 Å². The number of para-hydroxylation sites is 1. The molecular formula is C38H22N2. The zero-order chi connectivity index (χ0) is 26.2. The Balaban J connectivity index is 1.36. The maximum Gasteiger partial charge on any atom is 0.0825 e. The van der Waals surface area contributed by atoms with Gasteiger partial charge < -0.3 is 0 Å². The molecule has 9 rings (SSSR count). The summed E-state index contributed by atoms with van der Waals surface area (Å²) in [5.74, 6) is 0. The van der Waals surface area contributed by atoms with Gasteiger partial charge in [0.25, 0.3) is 0 Å². The van der Waals surface area contributed by atoms with E-state index in [1.807, 2.05) is 6.07 Å². The molecule has 2 aromatic heterocycles. The summed E-state index contributed by atoms with van der Waals surface area (Å²) in [5.41, 5.74) is 7.40. The topological polar surface area (TPSA) is 25.8 Å². The maximum absolute atomic E-state index is 5.29. The summed E-state index contributed by atoms with van der Waals surface area (Å²) in [6, 6.07) is 47.8. The van der Waals surface area contributed by atoms with Crippen LogP contribution in [-0.4, -0.2) is 9.97 Å². The van der Waals surface area contributed by atoms with E-state index in [1.54, 1.807) is 0 Å². The van der Waals surface area contributed by atoms with Crippen molar-refractivity contribution in [3.8, 4) is 22.4 Å². The molecule has 0 N–H and O–H groups in total. The van der Waals surface area contributed by atoms with Gasteiger partial charge in [0.2, 0.25) is 0 Å². The van der Waals surface area contributed by atoms with E-state index in [0.717, 1.165) is 49.5 Å². The van der Waals surface area contributed by atoms with Crippen LogP contribution in [0.25, 0.3) is 87.4 Å². The quantitative estimate of drug-likeness (QED) is 0.172. The molecule has 0 bridgehead atoms. The van der Waals surface area contributed by atoms with E-state index in [-0.39, 0.29) is 0 Å². The molecule has 2 heteroatoms. The minimum atomic E-state index is 0.956. The van der Waals surface area contributed by atoms with E-state index in [1.165, 1.54) is 37.9 Å². The normalized spacial score (nSPS) is 12.0. The van der Waals surface area contributed by atoms with Gasteiger partial charge in [0, 0.05) is 21.7 Å². The van der Waals surface area contributed by atoms with Crippen LogP contribution in [0.2, 0.25) is 0 Å². The lowest BCUT2D eigenvalue weighted by atomic mass is 9.89. The summed E-state index contributed by atoms with van der Waals surface area (Å²) in [4.78, 5) is 10.4. The number of pyridine rings is 2. The van der Waals surface area contributed by atoms with E-state index in [9.17, 15) is 0 Å². The molecule has 9 aromatic rings. The highest BCUT2D eigenvalue weighted by Gasteiger charge is 2.16. The fourth-order valence-electron chi connectivity index (χ4n) is 6.48. The lowest BCUT2D eigenvalue weighted by Gasteiger charge is -2.15. The average molecular weight is 507 g/mol. The fourth-order valence-corrected chi connectivity index (χ4v) is 6.48. The number of fused-ring (bicyclic) bond motifs is 4. The standard InChI is InChI=1S/C38H22N2/c1-2-7-26(8-3-1)37-32-21-28-9-4-5-12-33(28)39-38(32)31-20-17-27(22-34(31)40-37)29-18-15-25-14-13-23-10-6-11-24-16-19-30(29)36(25)35(23)24/h1-22H. The Labute approximate surface area is 230 Å². The van der Waals surface area contributed by atoms with Crippen molar-refractivity contribution in [2.75, 3.05) is 0 Å². The lowest BCUT2D eigenvalue weighted by molar-refractivity contribution is 1.41. The van der Waals surface area contributed by atoms with Crippen LogP contribution in [0.1, 0.15) is 0 Å². The van der Waals surface area contributed by atoms with Crippen LogP contribution in [0.15, 0.2) is 133 Å². The number of hydrogen-bond acceptors (Lipinski definition) is 2. The first-order valence-corrected chi connectivity index (χ1v) is 13.7. The lowest BCUT2D eigenvalue weighted by Crippen LogP contribution is -1.93. The van der Waals surface area contributed by atoms with Gasteiger partial charge in [-0.05, 0) is 67.7 Å². The summed E-state index contributed by atoms with van der Waals surface area (Å²) < 4.78 is 0. The molecule has 2 heterocycles. The molecular weight excluding hydrogens is 484 g/mol. The van der Waals surface area contributed by atoms with E-state index in [4.69, 9.17) is 9.97 Å². The van der Waals surface area contributed by atoms with Crippen LogP contribution >= 0.6 is 0 Å². The second-order valence-corrected chi connectivity index (χ2v) is 10.6. The third-order valence-corrected chi connectivity index (χ3v) is 8.35. The highest BCUT2D eigenvalue weighted by molar-refractivity contribution is 6.25. The zero-order valence-corrected chi connectivity index (χ0v) is 21.6. The van der Waals surface area contributed by atoms with Crippen molar-refractivity contribution in [1.82, 2.24) is 9.97 Å². The van der Waals surface area contributed by atoms with Gasteiger partial charge in [-0.25, -0.2) is 9.97 Å². The molecule has 0 atom stereocenters. The molecule has 0 saturated carbocycles. The Morgan fingerprint density at radius 1 is 0.375 bits per heavy atom. The van der Waals surface area contributed by atoms with E-state index in [0.29, 0.717) is 0 Å². The highest BCUT2D eigenvalue weighted by atomic mass is 14.8. The number of aromatic nitrogens is 2. The van der Waals surface area contributed by atoms with Gasteiger partial charge in [-0.15, -0.1) is 0 Å². The summed E-state index contributed by atoms with van der Waals surface area (Å²) in [5, 5.41) is 11.1. The Kier molecular flexibility index (Phi) is 4.36. The van der Waals surface area contributed by atoms with Crippen LogP contribution in [0.5, 0.6) is 0 Å². The molecule has 0 saturated heterocycles. The van der Waals surface area contributed by atoms with Gasteiger partial charge in [0.15, 0.2) is 0 Å². The number of hydrogen-bond donors (Lipinski definition) is 0. The van der Waals surface area contributed by atoms with Crippen molar-refractivity contribution < 1.29 is 0 Å². The highest BCUT2D eigenvalue weighted by Crippen LogP contribution is 2.41. The van der Waals surface area contributed by atoms with Crippen molar-refractivity contribution in [3.05, 3.63) is 133 Å². The Bertz CT molecular complexity index is 2410. The van der Waals surface area contributed by atoms with E-state index >= 15 is 0 Å². The minimum Gasteiger partial charge on any atom is -0.247 e. The van der Waals surface area contributed by atoms with Crippen LogP contribution in [0.3, 0.4) is 0 Å². The van der Waals surface area contributed by atoms with Crippen LogP contribution in [0, 0.1) is 0 Å². The van der Waals surface area contributed by atoms with Crippen molar-refractivity contribution in [1.29, 1.82) is 0 Å². The first-order chi connectivity index (χ1) is 19.8. The number of nitrogens with zero attached hydrogens (tertiary/aromatic N) is 2. The Morgan fingerprint density at radius 3 is 1.95 bits per heavy atom. The third kappa shape index (κ3) is 3.05. The molecule has 7 aromatic carbocycles. The van der Waals surface area contributed by atoms with Crippen molar-refractivity contribution in [3.63, 3.8) is 0 Å². The Morgan fingerprint density at radius 2 is 1.07 bits per heavy atom. The van der Waals surface area contributed by atoms with Gasteiger partial charge in [-0.3, -0.25) is 0 Å². The molecule has 0 radical (unpaired) electrons. The van der Waals surface area contributed by atoms with Gasteiger partial charge in [0.1, 0.15) is 0 Å². The first kappa shape index (κ1) is 21.6. The molecule has 0 fully saturated rings. The molecule has 0 aliphatic carbocycles. The van der Waals surface area contributed by atoms with Crippen molar-refractivity contribution >= 4 is 65.0 Å². The average Bonchev–Trinajstić information content (AvgIpc) is 3.02. The molecule has 184 valence electrons. The molecule has 40 heavy (non-hydrogen) atoms. The fraction of sp³-hybridized carbons (Fsp3) is 0. The molecule has 0 unspecified atom stereocenters. The predicted molar refractivity (Wildman–Crippen MR) is 169 cm³/mol. The van der Waals surface area contributed by atoms with Crippen LogP contribution < -0.4 is 0 Å². The zero-order valence-electron chi connectivity index (χ0n) is 21.6. The second-order valence-electron chi connectivity index (χ2n) is 10.6. The molecule has 0 aliphatic heterocycles. The SMILES string of the molecule is c1ccc(-c2nc3cc(-c4ccc5ccc6cccc7ccc4c5c67)ccc3c3nc4ccccc4cc23)cc1. The van der Waals surface area contributed by atoms with Crippen LogP contribution in [0.4, 0.5) is 0 Å². The smallest absolute Gasteiger partial charge is 0.0825 e.